The Balaban J connectivity index is 2.76. The highest BCUT2D eigenvalue weighted by Gasteiger charge is 2.14. The molecule has 0 saturated heterocycles. The summed E-state index contributed by atoms with van der Waals surface area (Å²) in [6, 6.07) is 1.49. The minimum atomic E-state index is -0.525. The van der Waals surface area contributed by atoms with Gasteiger partial charge in [0.15, 0.2) is 0 Å². The molecule has 0 N–H and O–H groups in total. The molecule has 0 aliphatic rings. The zero-order valence-corrected chi connectivity index (χ0v) is 6.72. The van der Waals surface area contributed by atoms with Gasteiger partial charge in [0.05, 0.1) is 17.9 Å². The van der Waals surface area contributed by atoms with Crippen molar-refractivity contribution in [2.75, 3.05) is 6.61 Å². The van der Waals surface area contributed by atoms with Gasteiger partial charge in [-0.1, -0.05) is 11.6 Å². The minimum absolute atomic E-state index is 0.0634. The van der Waals surface area contributed by atoms with Gasteiger partial charge in [0.2, 0.25) is 5.76 Å². The second kappa shape index (κ2) is 3.44. The van der Waals surface area contributed by atoms with Crippen LogP contribution in [-0.4, -0.2) is 12.6 Å². The number of hydrogen-bond donors (Lipinski definition) is 0. The van der Waals surface area contributed by atoms with E-state index >= 15 is 0 Å². The average molecular weight is 175 g/mol. The van der Waals surface area contributed by atoms with E-state index in [1.54, 1.807) is 6.92 Å². The first-order chi connectivity index (χ1) is 5.25. The molecule has 4 heteroatoms. The Morgan fingerprint density at radius 3 is 3.00 bits per heavy atom. The molecule has 1 rings (SSSR count). The first-order valence-electron chi connectivity index (χ1n) is 3.15. The third kappa shape index (κ3) is 1.74. The number of halogens is 1. The molecule has 1 aromatic heterocycles. The number of furan rings is 1. The molecular formula is C7H7ClO3. The lowest BCUT2D eigenvalue weighted by Gasteiger charge is -1.96. The number of ether oxygens (including phenoxy) is 1. The van der Waals surface area contributed by atoms with Gasteiger partial charge in [0, 0.05) is 0 Å². The predicted molar refractivity (Wildman–Crippen MR) is 39.7 cm³/mol. The van der Waals surface area contributed by atoms with Gasteiger partial charge < -0.3 is 9.15 Å². The summed E-state index contributed by atoms with van der Waals surface area (Å²) < 4.78 is 9.42. The summed E-state index contributed by atoms with van der Waals surface area (Å²) in [5, 5.41) is 0.281. The van der Waals surface area contributed by atoms with Crippen LogP contribution < -0.4 is 0 Å². The lowest BCUT2D eigenvalue weighted by atomic mass is 10.4. The van der Waals surface area contributed by atoms with Crippen LogP contribution in [0, 0.1) is 0 Å². The summed E-state index contributed by atoms with van der Waals surface area (Å²) in [7, 11) is 0. The van der Waals surface area contributed by atoms with Crippen molar-refractivity contribution < 1.29 is 13.9 Å². The summed E-state index contributed by atoms with van der Waals surface area (Å²) in [4.78, 5) is 10.9. The monoisotopic (exact) mass is 174 g/mol. The van der Waals surface area contributed by atoms with E-state index in [4.69, 9.17) is 16.0 Å². The number of rotatable bonds is 2. The number of hydrogen-bond acceptors (Lipinski definition) is 3. The highest BCUT2D eigenvalue weighted by Crippen LogP contribution is 2.17. The van der Waals surface area contributed by atoms with Gasteiger partial charge in [0.1, 0.15) is 0 Å². The third-order valence-electron chi connectivity index (χ3n) is 1.08. The van der Waals surface area contributed by atoms with Crippen LogP contribution in [-0.2, 0) is 4.74 Å². The molecule has 1 heterocycles. The van der Waals surface area contributed by atoms with E-state index in [1.807, 2.05) is 0 Å². The van der Waals surface area contributed by atoms with Crippen molar-refractivity contribution in [3.8, 4) is 0 Å². The van der Waals surface area contributed by atoms with E-state index in [9.17, 15) is 4.79 Å². The van der Waals surface area contributed by atoms with Crippen LogP contribution in [0.2, 0.25) is 5.02 Å². The highest BCUT2D eigenvalue weighted by molar-refractivity contribution is 6.33. The molecule has 0 atom stereocenters. The normalized spacial score (nSPS) is 9.64. The van der Waals surface area contributed by atoms with E-state index in [-0.39, 0.29) is 10.8 Å². The first-order valence-corrected chi connectivity index (χ1v) is 3.53. The Labute approximate surface area is 68.9 Å². The van der Waals surface area contributed by atoms with Crippen molar-refractivity contribution in [2.45, 2.75) is 6.92 Å². The Kier molecular flexibility index (Phi) is 2.54. The largest absolute Gasteiger partial charge is 0.460 e. The molecule has 0 aromatic carbocycles. The van der Waals surface area contributed by atoms with E-state index in [1.165, 1.54) is 12.3 Å². The van der Waals surface area contributed by atoms with Crippen molar-refractivity contribution in [2.24, 2.45) is 0 Å². The molecule has 11 heavy (non-hydrogen) atoms. The Hall–Kier alpha value is -0.960. The maximum absolute atomic E-state index is 10.9. The fraction of sp³-hybridized carbons (Fsp3) is 0.286. The molecule has 0 fully saturated rings. The summed E-state index contributed by atoms with van der Waals surface area (Å²) in [6.07, 6.45) is 1.34. The third-order valence-corrected chi connectivity index (χ3v) is 1.38. The standard InChI is InChI=1S/C7H7ClO3/c1-2-10-7(9)6-5(8)3-4-11-6/h3-4H,2H2,1H3. The van der Waals surface area contributed by atoms with Crippen molar-refractivity contribution in [1.29, 1.82) is 0 Å². The molecule has 60 valence electrons. The van der Waals surface area contributed by atoms with E-state index in [2.05, 4.69) is 4.74 Å². The summed E-state index contributed by atoms with van der Waals surface area (Å²) in [6.45, 7) is 2.03. The molecule has 0 amide bonds. The lowest BCUT2D eigenvalue weighted by Crippen LogP contribution is -2.03. The molecule has 0 spiro atoms. The summed E-state index contributed by atoms with van der Waals surface area (Å²) in [5.74, 6) is -0.462. The van der Waals surface area contributed by atoms with Crippen LogP contribution in [0.15, 0.2) is 16.7 Å². The smallest absolute Gasteiger partial charge is 0.375 e. The van der Waals surface area contributed by atoms with Crippen LogP contribution in [0.5, 0.6) is 0 Å². The molecule has 0 unspecified atom stereocenters. The Morgan fingerprint density at radius 1 is 1.82 bits per heavy atom. The molecular weight excluding hydrogens is 168 g/mol. The lowest BCUT2D eigenvalue weighted by molar-refractivity contribution is 0.0490. The maximum atomic E-state index is 10.9. The molecule has 0 bridgehead atoms. The fourth-order valence-electron chi connectivity index (χ4n) is 0.636. The summed E-state index contributed by atoms with van der Waals surface area (Å²) >= 11 is 5.58. The van der Waals surface area contributed by atoms with Gasteiger partial charge in [-0.3, -0.25) is 0 Å². The number of esters is 1. The molecule has 0 aliphatic carbocycles. The van der Waals surface area contributed by atoms with Gasteiger partial charge in [0.25, 0.3) is 0 Å². The first kappa shape index (κ1) is 8.14. The number of carbonyl (C=O) groups excluding carboxylic acids is 1. The van der Waals surface area contributed by atoms with Crippen LogP contribution in [0.1, 0.15) is 17.5 Å². The van der Waals surface area contributed by atoms with Crippen molar-refractivity contribution in [3.63, 3.8) is 0 Å². The summed E-state index contributed by atoms with van der Waals surface area (Å²) in [5.41, 5.74) is 0. The van der Waals surface area contributed by atoms with Crippen molar-refractivity contribution in [1.82, 2.24) is 0 Å². The highest BCUT2D eigenvalue weighted by atomic mass is 35.5. The van der Waals surface area contributed by atoms with Crippen LogP contribution in [0.25, 0.3) is 0 Å². The Bertz CT molecular complexity index is 254. The van der Waals surface area contributed by atoms with E-state index < -0.39 is 5.97 Å². The van der Waals surface area contributed by atoms with Gasteiger partial charge in [-0.25, -0.2) is 4.79 Å². The van der Waals surface area contributed by atoms with Gasteiger partial charge in [-0.05, 0) is 13.0 Å². The molecule has 0 saturated carbocycles. The minimum Gasteiger partial charge on any atom is -0.460 e. The maximum Gasteiger partial charge on any atom is 0.375 e. The van der Waals surface area contributed by atoms with Crippen LogP contribution in [0.4, 0.5) is 0 Å². The molecule has 0 radical (unpaired) electrons. The van der Waals surface area contributed by atoms with Crippen LogP contribution >= 0.6 is 11.6 Å². The Morgan fingerprint density at radius 2 is 2.55 bits per heavy atom. The average Bonchev–Trinajstić information content (AvgIpc) is 2.36. The zero-order valence-electron chi connectivity index (χ0n) is 5.96. The predicted octanol–water partition coefficient (Wildman–Crippen LogP) is 2.11. The zero-order chi connectivity index (χ0) is 8.27. The van der Waals surface area contributed by atoms with Gasteiger partial charge in [-0.2, -0.15) is 0 Å². The topological polar surface area (TPSA) is 39.4 Å². The van der Waals surface area contributed by atoms with Gasteiger partial charge in [-0.15, -0.1) is 0 Å². The molecule has 0 aliphatic heterocycles. The molecule has 3 nitrogen and oxygen atoms in total. The second-order valence-corrected chi connectivity index (χ2v) is 2.23. The van der Waals surface area contributed by atoms with E-state index in [0.717, 1.165) is 0 Å². The number of carbonyl (C=O) groups is 1. The van der Waals surface area contributed by atoms with Crippen molar-refractivity contribution >= 4 is 17.6 Å². The fourth-order valence-corrected chi connectivity index (χ4v) is 0.809. The van der Waals surface area contributed by atoms with Crippen molar-refractivity contribution in [3.05, 3.63) is 23.1 Å². The van der Waals surface area contributed by atoms with Gasteiger partial charge >= 0.3 is 5.97 Å². The van der Waals surface area contributed by atoms with Crippen LogP contribution in [0.3, 0.4) is 0 Å². The second-order valence-electron chi connectivity index (χ2n) is 1.82. The quantitative estimate of drug-likeness (QED) is 0.645. The SMILES string of the molecule is CCOC(=O)c1occc1Cl. The van der Waals surface area contributed by atoms with E-state index in [0.29, 0.717) is 6.61 Å². The molecule has 1 aromatic rings.